The summed E-state index contributed by atoms with van der Waals surface area (Å²) in [6.07, 6.45) is 6.22. The van der Waals surface area contributed by atoms with Gasteiger partial charge in [0, 0.05) is 25.0 Å². The van der Waals surface area contributed by atoms with Crippen molar-refractivity contribution in [2.24, 2.45) is 0 Å². The molecule has 1 fully saturated rings. The molecule has 3 rings (SSSR count). The van der Waals surface area contributed by atoms with E-state index in [-0.39, 0.29) is 5.91 Å². The van der Waals surface area contributed by atoms with E-state index in [4.69, 9.17) is 0 Å². The molecule has 1 saturated heterocycles. The van der Waals surface area contributed by atoms with Crippen molar-refractivity contribution < 1.29 is 4.79 Å². The number of carbonyl (C=O) groups excluding carboxylic acids is 1. The van der Waals surface area contributed by atoms with Crippen LogP contribution in [0.25, 0.3) is 0 Å². The summed E-state index contributed by atoms with van der Waals surface area (Å²) in [6.45, 7) is 1.88. The van der Waals surface area contributed by atoms with Gasteiger partial charge in [-0.3, -0.25) is 4.79 Å². The lowest BCUT2D eigenvalue weighted by Crippen LogP contribution is -2.57. The van der Waals surface area contributed by atoms with E-state index in [2.05, 4.69) is 11.4 Å². The molecule has 0 saturated carbocycles. The number of thiophene rings is 1. The Bertz CT molecular complexity index is 427. The predicted octanol–water partition coefficient (Wildman–Crippen LogP) is 2.06. The number of likely N-dealkylation sites (N-methyl/N-ethyl adjacent to an activating group) is 1. The van der Waals surface area contributed by atoms with E-state index in [0.717, 1.165) is 24.4 Å². The number of nitrogens with zero attached hydrogens (tertiary/aromatic N) is 1. The summed E-state index contributed by atoms with van der Waals surface area (Å²) in [7, 11) is 1.93. The summed E-state index contributed by atoms with van der Waals surface area (Å²) >= 11 is 1.73. The summed E-state index contributed by atoms with van der Waals surface area (Å²) in [6, 6.07) is 2.54. The molecule has 1 aliphatic heterocycles. The normalized spacial score (nSPS) is 19.8. The number of amides is 1. The fourth-order valence-corrected chi connectivity index (χ4v) is 3.90. The molecule has 2 heterocycles. The Morgan fingerprint density at radius 2 is 2.11 bits per heavy atom. The van der Waals surface area contributed by atoms with Gasteiger partial charge in [-0.15, -0.1) is 11.3 Å². The average molecular weight is 264 g/mol. The molecule has 0 radical (unpaired) electrons. The molecular weight excluding hydrogens is 244 g/mol. The largest absolute Gasteiger partial charge is 0.335 e. The highest BCUT2D eigenvalue weighted by Crippen LogP contribution is 2.29. The van der Waals surface area contributed by atoms with Crippen LogP contribution < -0.4 is 5.32 Å². The molecule has 0 aromatic carbocycles. The van der Waals surface area contributed by atoms with Gasteiger partial charge in [0.2, 0.25) is 0 Å². The molecule has 1 amide bonds. The fraction of sp³-hybridized carbons (Fsp3) is 0.643. The van der Waals surface area contributed by atoms with Crippen LogP contribution in [0.2, 0.25) is 0 Å². The Balaban J connectivity index is 1.77. The summed E-state index contributed by atoms with van der Waals surface area (Å²) < 4.78 is 0. The lowest BCUT2D eigenvalue weighted by Gasteiger charge is -2.35. The number of rotatable bonds is 2. The first-order valence-electron chi connectivity index (χ1n) is 6.85. The van der Waals surface area contributed by atoms with Crippen molar-refractivity contribution in [1.82, 2.24) is 10.2 Å². The zero-order valence-electron chi connectivity index (χ0n) is 10.9. The van der Waals surface area contributed by atoms with E-state index in [9.17, 15) is 4.79 Å². The van der Waals surface area contributed by atoms with Gasteiger partial charge in [-0.25, -0.2) is 0 Å². The summed E-state index contributed by atoms with van der Waals surface area (Å²) in [5.41, 5.74) is 1.43. The molecule has 1 aliphatic carbocycles. The maximum absolute atomic E-state index is 12.4. The lowest BCUT2D eigenvalue weighted by molar-refractivity contribution is 0.0686. The van der Waals surface area contributed by atoms with Crippen LogP contribution in [0.3, 0.4) is 0 Å². The van der Waals surface area contributed by atoms with Crippen molar-refractivity contribution in [3.8, 4) is 0 Å². The van der Waals surface area contributed by atoms with Crippen molar-refractivity contribution in [3.05, 3.63) is 21.4 Å². The summed E-state index contributed by atoms with van der Waals surface area (Å²) in [5, 5.41) is 3.22. The van der Waals surface area contributed by atoms with Crippen molar-refractivity contribution >= 4 is 17.2 Å². The van der Waals surface area contributed by atoms with Crippen LogP contribution in [0.15, 0.2) is 6.07 Å². The first kappa shape index (κ1) is 12.2. The van der Waals surface area contributed by atoms with Crippen molar-refractivity contribution in [2.75, 3.05) is 20.1 Å². The van der Waals surface area contributed by atoms with E-state index in [1.54, 1.807) is 11.3 Å². The third-order valence-corrected chi connectivity index (χ3v) is 5.31. The minimum Gasteiger partial charge on any atom is -0.335 e. The molecule has 3 nitrogen and oxygen atoms in total. The summed E-state index contributed by atoms with van der Waals surface area (Å²) in [4.78, 5) is 16.7. The Kier molecular flexibility index (Phi) is 3.39. The topological polar surface area (TPSA) is 32.3 Å². The van der Waals surface area contributed by atoms with E-state index in [0.29, 0.717) is 6.04 Å². The highest BCUT2D eigenvalue weighted by molar-refractivity contribution is 7.14. The van der Waals surface area contributed by atoms with Gasteiger partial charge in [-0.2, -0.15) is 0 Å². The van der Waals surface area contributed by atoms with E-state index < -0.39 is 0 Å². The molecular formula is C14H20N2OS. The molecule has 0 atom stereocenters. The van der Waals surface area contributed by atoms with E-state index in [1.807, 2.05) is 11.9 Å². The van der Waals surface area contributed by atoms with Gasteiger partial charge < -0.3 is 10.2 Å². The molecule has 0 spiro atoms. The monoisotopic (exact) mass is 264 g/mol. The van der Waals surface area contributed by atoms with Gasteiger partial charge in [-0.05, 0) is 37.3 Å². The third-order valence-electron chi connectivity index (χ3n) is 4.09. The lowest BCUT2D eigenvalue weighted by atomic mass is 10.1. The molecule has 0 unspecified atom stereocenters. The van der Waals surface area contributed by atoms with Crippen LogP contribution in [-0.4, -0.2) is 37.0 Å². The second kappa shape index (κ2) is 5.02. The highest BCUT2D eigenvalue weighted by atomic mass is 32.1. The van der Waals surface area contributed by atoms with Crippen LogP contribution in [0, 0.1) is 0 Å². The van der Waals surface area contributed by atoms with Crippen molar-refractivity contribution in [3.63, 3.8) is 0 Å². The van der Waals surface area contributed by atoms with Gasteiger partial charge in [-0.1, -0.05) is 6.42 Å². The Morgan fingerprint density at radius 1 is 1.33 bits per heavy atom. The minimum atomic E-state index is 0.208. The van der Waals surface area contributed by atoms with Gasteiger partial charge >= 0.3 is 0 Å². The number of nitrogens with one attached hydrogen (secondary N) is 1. The van der Waals surface area contributed by atoms with Gasteiger partial charge in [0.25, 0.3) is 5.91 Å². The van der Waals surface area contributed by atoms with Gasteiger partial charge in [0.05, 0.1) is 10.9 Å². The first-order valence-corrected chi connectivity index (χ1v) is 7.67. The smallest absolute Gasteiger partial charge is 0.264 e. The quantitative estimate of drug-likeness (QED) is 0.829. The van der Waals surface area contributed by atoms with Gasteiger partial charge in [0.15, 0.2) is 0 Å². The zero-order valence-corrected chi connectivity index (χ0v) is 11.7. The number of carbonyl (C=O) groups is 1. The number of aryl methyl sites for hydroxylation is 2. The predicted molar refractivity (Wildman–Crippen MR) is 74.3 cm³/mol. The standard InChI is InChI=1S/C14H20N2OS/c1-16(11-8-15-9-11)14(17)13-7-10-5-3-2-4-6-12(10)18-13/h7,11,15H,2-6,8-9H2,1H3. The number of hydrogen-bond donors (Lipinski definition) is 1. The number of hydrogen-bond acceptors (Lipinski definition) is 3. The van der Waals surface area contributed by atoms with Crippen molar-refractivity contribution in [2.45, 2.75) is 38.1 Å². The van der Waals surface area contributed by atoms with Crippen LogP contribution in [0.1, 0.15) is 39.4 Å². The number of fused-ring (bicyclic) bond motifs is 1. The molecule has 0 bridgehead atoms. The van der Waals surface area contributed by atoms with Gasteiger partial charge in [0.1, 0.15) is 0 Å². The molecule has 18 heavy (non-hydrogen) atoms. The maximum atomic E-state index is 12.4. The summed E-state index contributed by atoms with van der Waals surface area (Å²) in [5.74, 6) is 0.208. The average Bonchev–Trinajstić information content (AvgIpc) is 2.57. The van der Waals surface area contributed by atoms with Crippen LogP contribution in [0.4, 0.5) is 0 Å². The Hall–Kier alpha value is -0.870. The molecule has 4 heteroatoms. The molecule has 1 aromatic rings. The Labute approximate surface area is 112 Å². The maximum Gasteiger partial charge on any atom is 0.264 e. The fourth-order valence-electron chi connectivity index (χ4n) is 2.66. The zero-order chi connectivity index (χ0) is 12.5. The molecule has 2 aliphatic rings. The SMILES string of the molecule is CN(C(=O)c1cc2c(s1)CCCCC2)C1CNC1. The van der Waals surface area contributed by atoms with Crippen LogP contribution in [-0.2, 0) is 12.8 Å². The van der Waals surface area contributed by atoms with Crippen LogP contribution >= 0.6 is 11.3 Å². The second-order valence-electron chi connectivity index (χ2n) is 5.35. The van der Waals surface area contributed by atoms with Crippen molar-refractivity contribution in [1.29, 1.82) is 0 Å². The third kappa shape index (κ3) is 2.19. The molecule has 1 aromatic heterocycles. The molecule has 98 valence electrons. The Morgan fingerprint density at radius 3 is 2.83 bits per heavy atom. The van der Waals surface area contributed by atoms with Crippen LogP contribution in [0.5, 0.6) is 0 Å². The highest BCUT2D eigenvalue weighted by Gasteiger charge is 2.27. The first-order chi connectivity index (χ1) is 8.75. The minimum absolute atomic E-state index is 0.208. The second-order valence-corrected chi connectivity index (χ2v) is 6.48. The van der Waals surface area contributed by atoms with E-state index in [1.165, 1.54) is 36.1 Å². The molecule has 1 N–H and O–H groups in total. The van der Waals surface area contributed by atoms with E-state index >= 15 is 0 Å².